The number of rotatable bonds is 7. The molecule has 0 spiro atoms. The van der Waals surface area contributed by atoms with Crippen molar-refractivity contribution in [1.82, 2.24) is 39.0 Å². The number of nitrogen functional groups attached to an aromatic ring is 1. The van der Waals surface area contributed by atoms with E-state index < -0.39 is 80.4 Å². The highest BCUT2D eigenvalue weighted by molar-refractivity contribution is 7.47. The molecule has 3 aliphatic rings. The minimum atomic E-state index is -5.23. The average Bonchev–Trinajstić information content (AvgIpc) is 3.47. The molecule has 2 aliphatic heterocycles. The molecule has 19 nitrogen and oxygen atoms in total. The first-order valence-corrected chi connectivity index (χ1v) is 13.7. The van der Waals surface area contributed by atoms with Gasteiger partial charge in [-0.25, -0.2) is 28.3 Å². The number of aliphatic hydroxyl groups excluding tert-OH is 2. The fourth-order valence-corrected chi connectivity index (χ4v) is 6.16. The number of phosphoric acid groups is 1. The summed E-state index contributed by atoms with van der Waals surface area (Å²) in [6.07, 6.45) is -10.5. The maximum absolute atomic E-state index is 15.6. The van der Waals surface area contributed by atoms with E-state index in [2.05, 4.69) is 29.9 Å². The molecule has 7 rings (SSSR count). The Hall–Kier alpha value is -3.69. The quantitative estimate of drug-likeness (QED) is 0.122. The Balaban J connectivity index is 1.10. The Morgan fingerprint density at radius 2 is 1.79 bits per heavy atom. The molecule has 0 radical (unpaired) electrons. The minimum absolute atomic E-state index is 0.0420. The normalized spacial score (nSPS) is 35.5. The second-order valence-electron chi connectivity index (χ2n) is 9.84. The third-order valence-corrected chi connectivity index (χ3v) is 8.32. The molecule has 10 atom stereocenters. The van der Waals surface area contributed by atoms with Crippen molar-refractivity contribution in [2.24, 2.45) is 0 Å². The lowest BCUT2D eigenvalue weighted by molar-refractivity contribution is -0.0851. The van der Waals surface area contributed by atoms with Crippen molar-refractivity contribution in [3.05, 3.63) is 39.7 Å². The minimum Gasteiger partial charge on any atom is -0.387 e. The third-order valence-electron chi connectivity index (χ3n) is 7.35. The van der Waals surface area contributed by atoms with Gasteiger partial charge in [0.15, 0.2) is 52.7 Å². The molecule has 2 unspecified atom stereocenters. The summed E-state index contributed by atoms with van der Waals surface area (Å²) in [6, 6.07) is 0. The zero-order valence-electron chi connectivity index (χ0n) is 20.7. The number of aromatic amines is 2. The number of phosphoric ester groups is 1. The molecule has 3 fully saturated rings. The van der Waals surface area contributed by atoms with Gasteiger partial charge in [0.1, 0.15) is 24.4 Å². The molecule has 4 aromatic heterocycles. The smallest absolute Gasteiger partial charge is 0.387 e. The number of hydrogen-bond donors (Lipinski definition) is 6. The predicted molar refractivity (Wildman–Crippen MR) is 130 cm³/mol. The highest BCUT2D eigenvalue weighted by Gasteiger charge is 2.80. The molecule has 2 saturated heterocycles. The average molecular weight is 615 g/mol. The van der Waals surface area contributed by atoms with Crippen LogP contribution in [0.4, 0.5) is 14.7 Å². The van der Waals surface area contributed by atoms with E-state index in [1.807, 2.05) is 0 Å². The van der Waals surface area contributed by atoms with E-state index in [-0.39, 0.29) is 28.3 Å². The standard InChI is InChI=1S/C20H20F2N9O10P/c21-6-9(32)5(39-17(6)30-3-26-7-13(30)24-2-25-15(7)34)1-38-42(36,37)41-12-18(40-11-10(33)20(11,12)22)31-4-27-8-14(31)28-19(23)29-16(8)35/h2-6,9-12,17-18,32-33H,1H2,(H,36,37)(H,24,25,34)(H3,23,28,29,35)/t5-,6-,9-,10?,11-,12+,17-,18-,20-/m1/s1. The SMILES string of the molecule is Nc1nc2c(ncn2[C@@H]2O[C@@H]3C(O)[C@]3(F)[C@H]2OP(=O)(O)OC[C@H]2O[C@@H](n3cnc4c(=O)[nH]cnc43)[C@H](F)[C@@H]2O)c(=O)[nH]1. The molecule has 1 saturated carbocycles. The van der Waals surface area contributed by atoms with E-state index in [0.717, 1.165) is 28.1 Å². The summed E-state index contributed by atoms with van der Waals surface area (Å²) in [7, 11) is -5.23. The maximum Gasteiger partial charge on any atom is 0.472 e. The Morgan fingerprint density at radius 3 is 2.52 bits per heavy atom. The van der Waals surface area contributed by atoms with Crippen molar-refractivity contribution < 1.29 is 47.0 Å². The number of hydrogen-bond acceptors (Lipinski definition) is 14. The van der Waals surface area contributed by atoms with Crippen LogP contribution in [0.15, 0.2) is 28.6 Å². The van der Waals surface area contributed by atoms with Crippen LogP contribution >= 0.6 is 7.82 Å². The fourth-order valence-electron chi connectivity index (χ4n) is 5.21. The van der Waals surface area contributed by atoms with Crippen molar-refractivity contribution in [2.75, 3.05) is 12.3 Å². The Kier molecular flexibility index (Phi) is 5.92. The van der Waals surface area contributed by atoms with E-state index in [4.69, 9.17) is 24.3 Å². The summed E-state index contributed by atoms with van der Waals surface area (Å²) in [5.74, 6) is -0.299. The molecule has 0 aromatic carbocycles. The van der Waals surface area contributed by atoms with E-state index in [0.29, 0.717) is 0 Å². The third kappa shape index (κ3) is 3.93. The molecular formula is C20H20F2N9O10P. The Morgan fingerprint density at radius 1 is 1.10 bits per heavy atom. The summed E-state index contributed by atoms with van der Waals surface area (Å²) in [4.78, 5) is 54.7. The number of aliphatic hydroxyl groups is 2. The van der Waals surface area contributed by atoms with Crippen LogP contribution in [0.2, 0.25) is 0 Å². The molecule has 0 amide bonds. The Bertz CT molecular complexity index is 1880. The van der Waals surface area contributed by atoms with Crippen molar-refractivity contribution in [3.8, 4) is 0 Å². The van der Waals surface area contributed by atoms with Crippen LogP contribution in [0, 0.1) is 0 Å². The van der Waals surface area contributed by atoms with E-state index in [9.17, 15) is 29.3 Å². The number of H-pyrrole nitrogens is 2. The summed E-state index contributed by atoms with van der Waals surface area (Å²) < 4.78 is 66.7. The maximum atomic E-state index is 15.6. The van der Waals surface area contributed by atoms with Gasteiger partial charge in [-0.3, -0.25) is 32.8 Å². The number of halogens is 2. The molecular weight excluding hydrogens is 595 g/mol. The lowest BCUT2D eigenvalue weighted by Gasteiger charge is -2.27. The van der Waals surface area contributed by atoms with Gasteiger partial charge < -0.3 is 35.3 Å². The van der Waals surface area contributed by atoms with Crippen LogP contribution in [-0.4, -0.2) is 103 Å². The van der Waals surface area contributed by atoms with Crippen LogP contribution in [0.1, 0.15) is 12.5 Å². The zero-order valence-corrected chi connectivity index (χ0v) is 21.6. The topological polar surface area (TPSA) is 268 Å². The van der Waals surface area contributed by atoms with E-state index >= 15 is 8.78 Å². The van der Waals surface area contributed by atoms with E-state index in [1.165, 1.54) is 0 Å². The lowest BCUT2D eigenvalue weighted by Crippen LogP contribution is -2.36. The molecule has 0 bridgehead atoms. The summed E-state index contributed by atoms with van der Waals surface area (Å²) in [5, 5.41) is 20.4. The highest BCUT2D eigenvalue weighted by atomic mass is 31.2. The number of nitrogens with zero attached hydrogens (tertiary/aromatic N) is 6. The summed E-state index contributed by atoms with van der Waals surface area (Å²) >= 11 is 0. The van der Waals surface area contributed by atoms with Crippen LogP contribution < -0.4 is 16.9 Å². The van der Waals surface area contributed by atoms with Crippen molar-refractivity contribution in [1.29, 1.82) is 0 Å². The molecule has 7 N–H and O–H groups in total. The van der Waals surface area contributed by atoms with Gasteiger partial charge in [-0.05, 0) is 0 Å². The molecule has 22 heteroatoms. The van der Waals surface area contributed by atoms with Gasteiger partial charge in [-0.15, -0.1) is 0 Å². The molecule has 42 heavy (non-hydrogen) atoms. The number of ether oxygens (including phenoxy) is 2. The van der Waals surface area contributed by atoms with Crippen LogP contribution in [0.25, 0.3) is 22.3 Å². The number of nitrogens with one attached hydrogen (secondary N) is 2. The number of alkyl halides is 2. The first-order valence-electron chi connectivity index (χ1n) is 12.2. The van der Waals surface area contributed by atoms with Crippen molar-refractivity contribution in [2.45, 2.75) is 54.8 Å². The zero-order chi connectivity index (χ0) is 29.7. The first-order chi connectivity index (χ1) is 19.9. The second kappa shape index (κ2) is 9.15. The number of nitrogens with two attached hydrogens (primary N) is 1. The number of anilines is 1. The molecule has 224 valence electrons. The van der Waals surface area contributed by atoms with Crippen LogP contribution in [-0.2, 0) is 23.1 Å². The van der Waals surface area contributed by atoms with Crippen LogP contribution in [0.3, 0.4) is 0 Å². The first kappa shape index (κ1) is 27.2. The van der Waals surface area contributed by atoms with Gasteiger partial charge in [0, 0.05) is 0 Å². The van der Waals surface area contributed by atoms with Gasteiger partial charge in [-0.1, -0.05) is 0 Å². The lowest BCUT2D eigenvalue weighted by atomic mass is 10.1. The van der Waals surface area contributed by atoms with Gasteiger partial charge >= 0.3 is 7.82 Å². The molecule has 1 aliphatic carbocycles. The van der Waals surface area contributed by atoms with Gasteiger partial charge in [0.2, 0.25) is 5.95 Å². The largest absolute Gasteiger partial charge is 0.472 e. The van der Waals surface area contributed by atoms with Crippen molar-refractivity contribution >= 4 is 36.1 Å². The predicted octanol–water partition coefficient (Wildman–Crippen LogP) is -2.09. The summed E-state index contributed by atoms with van der Waals surface area (Å²) in [5.41, 5.74) is 1.12. The van der Waals surface area contributed by atoms with E-state index in [1.54, 1.807) is 0 Å². The molecule has 4 aromatic rings. The van der Waals surface area contributed by atoms with Gasteiger partial charge in [0.05, 0.1) is 25.6 Å². The highest BCUT2D eigenvalue weighted by Crippen LogP contribution is 2.62. The monoisotopic (exact) mass is 615 g/mol. The number of aromatic nitrogens is 8. The summed E-state index contributed by atoms with van der Waals surface area (Å²) in [6.45, 7) is -0.905. The molecule has 6 heterocycles. The van der Waals surface area contributed by atoms with Gasteiger partial charge in [-0.2, -0.15) is 4.98 Å². The Labute approximate surface area is 229 Å². The number of fused-ring (bicyclic) bond motifs is 3. The van der Waals surface area contributed by atoms with Crippen molar-refractivity contribution in [3.63, 3.8) is 0 Å². The number of imidazole rings is 2. The second-order valence-corrected chi connectivity index (χ2v) is 11.2. The van der Waals surface area contributed by atoms with Crippen LogP contribution in [0.5, 0.6) is 0 Å². The van der Waals surface area contributed by atoms with Gasteiger partial charge in [0.25, 0.3) is 11.1 Å². The fraction of sp³-hybridized carbons (Fsp3) is 0.500.